The molecule has 2 aromatic rings. The second kappa shape index (κ2) is 3.24. The van der Waals surface area contributed by atoms with Crippen LogP contribution in [0, 0.1) is 13.8 Å². The van der Waals surface area contributed by atoms with Gasteiger partial charge in [0.1, 0.15) is 5.69 Å². The van der Waals surface area contributed by atoms with Gasteiger partial charge in [-0.25, -0.2) is 4.98 Å². The van der Waals surface area contributed by atoms with Crippen LogP contribution in [-0.4, -0.2) is 14.8 Å². The number of hydrogen-bond donors (Lipinski definition) is 0. The molecule has 2 aromatic heterocycles. The number of nitrogens with zero attached hydrogens (tertiary/aromatic N) is 3. The largest absolute Gasteiger partial charge is 0.439 e. The Morgan fingerprint density at radius 2 is 2.14 bits per heavy atom. The van der Waals surface area contributed by atoms with Crippen LogP contribution < -0.4 is 0 Å². The van der Waals surface area contributed by atoms with E-state index in [0.717, 1.165) is 15.9 Å². The molecule has 0 radical (unpaired) electrons. The Balaban J connectivity index is 2.57. The van der Waals surface area contributed by atoms with Crippen LogP contribution in [0.1, 0.15) is 11.6 Å². The minimum atomic E-state index is 0.648. The maximum absolute atomic E-state index is 5.40. The molecule has 0 atom stereocenters. The van der Waals surface area contributed by atoms with Crippen molar-refractivity contribution in [3.05, 3.63) is 22.3 Å². The Bertz CT molecular complexity index is 472. The number of aryl methyl sites for hydroxylation is 2. The first kappa shape index (κ1) is 9.45. The lowest BCUT2D eigenvalue weighted by atomic mass is 10.3. The third kappa shape index (κ3) is 1.37. The number of rotatable bonds is 1. The Hall–Kier alpha value is -1.10. The molecule has 0 amide bonds. The highest BCUT2D eigenvalue weighted by Crippen LogP contribution is 2.29. The lowest BCUT2D eigenvalue weighted by Crippen LogP contribution is -1.92. The molecule has 2 rings (SSSR count). The van der Waals surface area contributed by atoms with E-state index in [1.165, 1.54) is 0 Å². The monoisotopic (exact) mass is 255 g/mol. The molecule has 0 saturated heterocycles. The lowest BCUT2D eigenvalue weighted by Gasteiger charge is -1.89. The zero-order valence-electron chi connectivity index (χ0n) is 8.21. The SMILES string of the molecule is Cc1ncc(-c2nn(C)c(C)c2Br)o1. The van der Waals surface area contributed by atoms with Gasteiger partial charge in [0, 0.05) is 19.7 Å². The molecule has 0 aromatic carbocycles. The summed E-state index contributed by atoms with van der Waals surface area (Å²) in [5.41, 5.74) is 1.86. The smallest absolute Gasteiger partial charge is 0.191 e. The number of aromatic nitrogens is 3. The average molecular weight is 256 g/mol. The molecular formula is C9H10BrN3O. The molecule has 0 fully saturated rings. The fraction of sp³-hybridized carbons (Fsp3) is 0.333. The summed E-state index contributed by atoms with van der Waals surface area (Å²) in [6.07, 6.45) is 1.68. The highest BCUT2D eigenvalue weighted by Gasteiger charge is 2.15. The highest BCUT2D eigenvalue weighted by atomic mass is 79.9. The molecular weight excluding hydrogens is 246 g/mol. The van der Waals surface area contributed by atoms with Gasteiger partial charge in [-0.3, -0.25) is 4.68 Å². The predicted molar refractivity (Wildman–Crippen MR) is 55.9 cm³/mol. The number of hydrogen-bond acceptors (Lipinski definition) is 3. The van der Waals surface area contributed by atoms with Crippen LogP contribution in [0.5, 0.6) is 0 Å². The standard InChI is InChI=1S/C9H10BrN3O/c1-5-8(10)9(12-13(5)3)7-4-11-6(2)14-7/h4H,1-3H3. The summed E-state index contributed by atoms with van der Waals surface area (Å²) < 4.78 is 8.16. The van der Waals surface area contributed by atoms with Crippen LogP contribution in [0.4, 0.5) is 0 Å². The van der Waals surface area contributed by atoms with Crippen molar-refractivity contribution in [1.29, 1.82) is 0 Å². The summed E-state index contributed by atoms with van der Waals surface area (Å²) in [4.78, 5) is 4.04. The van der Waals surface area contributed by atoms with Gasteiger partial charge in [0.25, 0.3) is 0 Å². The quantitative estimate of drug-likeness (QED) is 0.787. The van der Waals surface area contributed by atoms with Gasteiger partial charge in [-0.15, -0.1) is 0 Å². The molecule has 4 nitrogen and oxygen atoms in total. The van der Waals surface area contributed by atoms with E-state index in [2.05, 4.69) is 26.0 Å². The topological polar surface area (TPSA) is 43.9 Å². The van der Waals surface area contributed by atoms with E-state index >= 15 is 0 Å². The Morgan fingerprint density at radius 3 is 2.57 bits per heavy atom. The van der Waals surface area contributed by atoms with E-state index in [1.54, 1.807) is 10.9 Å². The third-order valence-electron chi connectivity index (χ3n) is 2.12. The Kier molecular flexibility index (Phi) is 2.19. The van der Waals surface area contributed by atoms with Gasteiger partial charge in [-0.1, -0.05) is 0 Å². The molecule has 0 aliphatic carbocycles. The van der Waals surface area contributed by atoms with Gasteiger partial charge in [0.2, 0.25) is 0 Å². The molecule has 0 saturated carbocycles. The van der Waals surface area contributed by atoms with Gasteiger partial charge < -0.3 is 4.42 Å². The molecule has 2 heterocycles. The fourth-order valence-electron chi connectivity index (χ4n) is 1.21. The predicted octanol–water partition coefficient (Wildman–Crippen LogP) is 2.45. The Morgan fingerprint density at radius 1 is 1.43 bits per heavy atom. The first-order valence-electron chi connectivity index (χ1n) is 4.21. The van der Waals surface area contributed by atoms with Crippen LogP contribution in [0.15, 0.2) is 15.1 Å². The third-order valence-corrected chi connectivity index (χ3v) is 3.07. The summed E-state index contributed by atoms with van der Waals surface area (Å²) >= 11 is 3.48. The molecule has 0 unspecified atom stereocenters. The first-order valence-corrected chi connectivity index (χ1v) is 5.01. The fourth-order valence-corrected chi connectivity index (χ4v) is 1.74. The van der Waals surface area contributed by atoms with E-state index < -0.39 is 0 Å². The maximum Gasteiger partial charge on any atom is 0.191 e. The van der Waals surface area contributed by atoms with Gasteiger partial charge in [0.15, 0.2) is 11.7 Å². The van der Waals surface area contributed by atoms with Crippen molar-refractivity contribution in [3.63, 3.8) is 0 Å². The van der Waals surface area contributed by atoms with Gasteiger partial charge in [-0.2, -0.15) is 5.10 Å². The van der Waals surface area contributed by atoms with Crippen molar-refractivity contribution in [2.45, 2.75) is 13.8 Å². The maximum atomic E-state index is 5.40. The minimum absolute atomic E-state index is 0.648. The van der Waals surface area contributed by atoms with E-state index in [4.69, 9.17) is 4.42 Å². The molecule has 0 aliphatic rings. The van der Waals surface area contributed by atoms with E-state index in [-0.39, 0.29) is 0 Å². The summed E-state index contributed by atoms with van der Waals surface area (Å²) in [5, 5.41) is 4.33. The highest BCUT2D eigenvalue weighted by molar-refractivity contribution is 9.10. The second-order valence-corrected chi connectivity index (χ2v) is 3.91. The zero-order chi connectivity index (χ0) is 10.3. The molecule has 5 heteroatoms. The van der Waals surface area contributed by atoms with Crippen molar-refractivity contribution in [3.8, 4) is 11.5 Å². The molecule has 74 valence electrons. The van der Waals surface area contributed by atoms with E-state index in [9.17, 15) is 0 Å². The van der Waals surface area contributed by atoms with Crippen molar-refractivity contribution >= 4 is 15.9 Å². The number of oxazole rings is 1. The number of halogens is 1. The van der Waals surface area contributed by atoms with Crippen LogP contribution >= 0.6 is 15.9 Å². The Labute approximate surface area is 90.1 Å². The molecule has 0 spiro atoms. The summed E-state index contributed by atoms with van der Waals surface area (Å²) in [6.45, 7) is 3.80. The zero-order valence-corrected chi connectivity index (χ0v) is 9.79. The second-order valence-electron chi connectivity index (χ2n) is 3.12. The summed E-state index contributed by atoms with van der Waals surface area (Å²) in [5.74, 6) is 1.34. The summed E-state index contributed by atoms with van der Waals surface area (Å²) in [7, 11) is 1.90. The normalized spacial score (nSPS) is 10.9. The van der Waals surface area contributed by atoms with Gasteiger partial charge in [0.05, 0.1) is 10.7 Å². The van der Waals surface area contributed by atoms with Crippen LogP contribution in [0.3, 0.4) is 0 Å². The lowest BCUT2D eigenvalue weighted by molar-refractivity contribution is 0.531. The summed E-state index contributed by atoms with van der Waals surface area (Å²) in [6, 6.07) is 0. The van der Waals surface area contributed by atoms with E-state index in [1.807, 2.05) is 20.9 Å². The van der Waals surface area contributed by atoms with Crippen molar-refractivity contribution < 1.29 is 4.42 Å². The van der Waals surface area contributed by atoms with Gasteiger partial charge >= 0.3 is 0 Å². The average Bonchev–Trinajstić information content (AvgIpc) is 2.66. The van der Waals surface area contributed by atoms with Crippen molar-refractivity contribution in [2.24, 2.45) is 7.05 Å². The van der Waals surface area contributed by atoms with Crippen molar-refractivity contribution in [1.82, 2.24) is 14.8 Å². The molecule has 0 aliphatic heterocycles. The van der Waals surface area contributed by atoms with Gasteiger partial charge in [-0.05, 0) is 22.9 Å². The van der Waals surface area contributed by atoms with Crippen LogP contribution in [0.25, 0.3) is 11.5 Å². The van der Waals surface area contributed by atoms with Crippen LogP contribution in [-0.2, 0) is 7.05 Å². The van der Waals surface area contributed by atoms with Crippen LogP contribution in [0.2, 0.25) is 0 Å². The minimum Gasteiger partial charge on any atom is -0.439 e. The van der Waals surface area contributed by atoms with E-state index in [0.29, 0.717) is 11.7 Å². The molecule has 0 bridgehead atoms. The first-order chi connectivity index (χ1) is 6.59. The molecule has 0 N–H and O–H groups in total. The van der Waals surface area contributed by atoms with Crippen molar-refractivity contribution in [2.75, 3.05) is 0 Å². The molecule has 14 heavy (non-hydrogen) atoms.